The molecule has 0 amide bonds. The van der Waals surface area contributed by atoms with E-state index in [-0.39, 0.29) is 11.7 Å². The van der Waals surface area contributed by atoms with Gasteiger partial charge in [0.15, 0.2) is 0 Å². The minimum atomic E-state index is -0.178. The molecule has 0 aromatic carbocycles. The highest BCUT2D eigenvalue weighted by Gasteiger charge is 2.15. The smallest absolute Gasteiger partial charge is 0.0622 e. The zero-order valence-corrected chi connectivity index (χ0v) is 8.05. The Morgan fingerprint density at radius 3 is 2.36 bits per heavy atom. The first-order valence-corrected chi connectivity index (χ1v) is 4.21. The highest BCUT2D eigenvalue weighted by molar-refractivity contribution is 4.67. The molecule has 0 aliphatic heterocycles. The van der Waals surface area contributed by atoms with E-state index in [1.165, 1.54) is 0 Å². The van der Waals surface area contributed by atoms with Crippen LogP contribution >= 0.6 is 0 Å². The molecule has 1 atom stereocenters. The zero-order chi connectivity index (χ0) is 8.91. The average Bonchev–Trinajstić information content (AvgIpc) is 1.87. The SMILES string of the molecule is COC(C)(C)CCC[C@H](C)O. The number of methoxy groups -OCH3 is 1. The maximum Gasteiger partial charge on any atom is 0.0622 e. The van der Waals surface area contributed by atoms with E-state index in [0.29, 0.717) is 0 Å². The summed E-state index contributed by atoms with van der Waals surface area (Å²) in [6.45, 7) is 5.95. The standard InChI is InChI=1S/C9H20O2/c1-8(10)6-5-7-9(2,3)11-4/h8,10H,5-7H2,1-4H3/t8-/m0/s1. The summed E-state index contributed by atoms with van der Waals surface area (Å²) in [5, 5.41) is 8.98. The van der Waals surface area contributed by atoms with Gasteiger partial charge in [0.05, 0.1) is 11.7 Å². The Morgan fingerprint density at radius 2 is 2.00 bits per heavy atom. The van der Waals surface area contributed by atoms with Crippen LogP contribution in [0.25, 0.3) is 0 Å². The number of rotatable bonds is 5. The van der Waals surface area contributed by atoms with Gasteiger partial charge in [-0.25, -0.2) is 0 Å². The lowest BCUT2D eigenvalue weighted by Crippen LogP contribution is -2.22. The first-order valence-electron chi connectivity index (χ1n) is 4.21. The molecule has 0 aliphatic carbocycles. The molecule has 0 aliphatic rings. The van der Waals surface area contributed by atoms with Crippen molar-refractivity contribution in [3.8, 4) is 0 Å². The molecular formula is C9H20O2. The number of ether oxygens (including phenoxy) is 1. The minimum Gasteiger partial charge on any atom is -0.393 e. The molecule has 0 spiro atoms. The third kappa shape index (κ3) is 6.32. The van der Waals surface area contributed by atoms with Crippen LogP contribution in [0.15, 0.2) is 0 Å². The molecule has 0 fully saturated rings. The first kappa shape index (κ1) is 10.9. The van der Waals surface area contributed by atoms with Gasteiger partial charge in [0.2, 0.25) is 0 Å². The van der Waals surface area contributed by atoms with Crippen LogP contribution < -0.4 is 0 Å². The molecule has 0 heterocycles. The van der Waals surface area contributed by atoms with E-state index in [1.807, 2.05) is 6.92 Å². The molecule has 2 nitrogen and oxygen atoms in total. The highest BCUT2D eigenvalue weighted by Crippen LogP contribution is 2.16. The van der Waals surface area contributed by atoms with Crippen LogP contribution in [0, 0.1) is 0 Å². The van der Waals surface area contributed by atoms with E-state index < -0.39 is 0 Å². The average molecular weight is 160 g/mol. The van der Waals surface area contributed by atoms with E-state index in [9.17, 15) is 0 Å². The van der Waals surface area contributed by atoms with E-state index in [4.69, 9.17) is 9.84 Å². The summed E-state index contributed by atoms with van der Waals surface area (Å²) in [5.41, 5.74) is -0.0328. The second-order valence-corrected chi connectivity index (χ2v) is 3.71. The van der Waals surface area contributed by atoms with Crippen molar-refractivity contribution in [2.24, 2.45) is 0 Å². The van der Waals surface area contributed by atoms with Gasteiger partial charge in [0.1, 0.15) is 0 Å². The van der Waals surface area contributed by atoms with E-state index in [0.717, 1.165) is 19.3 Å². The van der Waals surface area contributed by atoms with Gasteiger partial charge in [-0.3, -0.25) is 0 Å². The zero-order valence-electron chi connectivity index (χ0n) is 8.05. The van der Waals surface area contributed by atoms with Crippen molar-refractivity contribution in [2.75, 3.05) is 7.11 Å². The quantitative estimate of drug-likeness (QED) is 0.666. The Kier molecular flexibility index (Phi) is 4.69. The van der Waals surface area contributed by atoms with Crippen molar-refractivity contribution in [3.63, 3.8) is 0 Å². The van der Waals surface area contributed by atoms with Gasteiger partial charge in [-0.2, -0.15) is 0 Å². The molecule has 2 heteroatoms. The molecule has 0 aromatic rings. The second-order valence-electron chi connectivity index (χ2n) is 3.71. The monoisotopic (exact) mass is 160 g/mol. The molecule has 0 aromatic heterocycles. The number of aliphatic hydroxyl groups is 1. The Bertz CT molecular complexity index is 97.7. The van der Waals surface area contributed by atoms with Crippen LogP contribution in [0.5, 0.6) is 0 Å². The second kappa shape index (κ2) is 4.73. The molecule has 1 N–H and O–H groups in total. The van der Waals surface area contributed by atoms with Gasteiger partial charge >= 0.3 is 0 Å². The predicted octanol–water partition coefficient (Wildman–Crippen LogP) is 1.96. The van der Waals surface area contributed by atoms with Crippen LogP contribution in [0.1, 0.15) is 40.0 Å². The Hall–Kier alpha value is -0.0800. The fourth-order valence-corrected chi connectivity index (χ4v) is 0.925. The first-order chi connectivity index (χ1) is 4.98. The van der Waals surface area contributed by atoms with Gasteiger partial charge < -0.3 is 9.84 Å². The van der Waals surface area contributed by atoms with E-state index in [1.54, 1.807) is 7.11 Å². The molecule has 0 bridgehead atoms. The van der Waals surface area contributed by atoms with Crippen LogP contribution in [0.4, 0.5) is 0 Å². The molecule has 0 rings (SSSR count). The van der Waals surface area contributed by atoms with Crippen molar-refractivity contribution < 1.29 is 9.84 Å². The summed E-state index contributed by atoms with van der Waals surface area (Å²) in [6, 6.07) is 0. The summed E-state index contributed by atoms with van der Waals surface area (Å²) in [6.07, 6.45) is 2.72. The number of hydrogen-bond acceptors (Lipinski definition) is 2. The minimum absolute atomic E-state index is 0.0328. The summed E-state index contributed by atoms with van der Waals surface area (Å²) in [4.78, 5) is 0. The van der Waals surface area contributed by atoms with Crippen LogP contribution in [-0.2, 0) is 4.74 Å². The van der Waals surface area contributed by atoms with Crippen molar-refractivity contribution in [1.29, 1.82) is 0 Å². The van der Waals surface area contributed by atoms with Crippen molar-refractivity contribution in [3.05, 3.63) is 0 Å². The number of aliphatic hydroxyl groups excluding tert-OH is 1. The van der Waals surface area contributed by atoms with Crippen LogP contribution in [-0.4, -0.2) is 23.9 Å². The van der Waals surface area contributed by atoms with Gasteiger partial charge in [-0.1, -0.05) is 0 Å². The summed E-state index contributed by atoms with van der Waals surface area (Å²) in [5.74, 6) is 0. The molecule has 0 saturated heterocycles. The lowest BCUT2D eigenvalue weighted by Gasteiger charge is -2.22. The maximum absolute atomic E-state index is 8.98. The van der Waals surface area contributed by atoms with Crippen LogP contribution in [0.3, 0.4) is 0 Å². The fraction of sp³-hybridized carbons (Fsp3) is 1.00. The highest BCUT2D eigenvalue weighted by atomic mass is 16.5. The predicted molar refractivity (Wildman–Crippen MR) is 46.6 cm³/mol. The topological polar surface area (TPSA) is 29.5 Å². The summed E-state index contributed by atoms with van der Waals surface area (Å²) >= 11 is 0. The molecule has 0 unspecified atom stereocenters. The lowest BCUT2D eigenvalue weighted by molar-refractivity contribution is 0.0111. The van der Waals surface area contributed by atoms with E-state index in [2.05, 4.69) is 13.8 Å². The third-order valence-corrected chi connectivity index (χ3v) is 1.95. The fourth-order valence-electron chi connectivity index (χ4n) is 0.925. The lowest BCUT2D eigenvalue weighted by atomic mass is 10.0. The van der Waals surface area contributed by atoms with Gasteiger partial charge in [-0.05, 0) is 40.0 Å². The molecular weight excluding hydrogens is 140 g/mol. The Morgan fingerprint density at radius 1 is 1.45 bits per heavy atom. The largest absolute Gasteiger partial charge is 0.393 e. The normalized spacial score (nSPS) is 15.0. The van der Waals surface area contributed by atoms with Crippen LogP contribution in [0.2, 0.25) is 0 Å². The summed E-state index contributed by atoms with van der Waals surface area (Å²) in [7, 11) is 1.72. The maximum atomic E-state index is 8.98. The Balaban J connectivity index is 3.38. The molecule has 0 radical (unpaired) electrons. The van der Waals surface area contributed by atoms with Gasteiger partial charge in [0, 0.05) is 7.11 Å². The van der Waals surface area contributed by atoms with Crippen molar-refractivity contribution in [2.45, 2.75) is 51.7 Å². The summed E-state index contributed by atoms with van der Waals surface area (Å²) < 4.78 is 5.24. The molecule has 11 heavy (non-hydrogen) atoms. The molecule has 68 valence electrons. The van der Waals surface area contributed by atoms with Gasteiger partial charge in [0.25, 0.3) is 0 Å². The Labute approximate surface area is 69.6 Å². The molecule has 0 saturated carbocycles. The van der Waals surface area contributed by atoms with Gasteiger partial charge in [-0.15, -0.1) is 0 Å². The van der Waals surface area contributed by atoms with Crippen molar-refractivity contribution >= 4 is 0 Å². The van der Waals surface area contributed by atoms with E-state index >= 15 is 0 Å². The van der Waals surface area contributed by atoms with Crippen molar-refractivity contribution in [1.82, 2.24) is 0 Å². The number of hydrogen-bond donors (Lipinski definition) is 1. The third-order valence-electron chi connectivity index (χ3n) is 1.95.